The first-order valence-electron chi connectivity index (χ1n) is 7.01. The monoisotopic (exact) mass is 344 g/mol. The number of nitrogens with zero attached hydrogens (tertiary/aromatic N) is 1. The molecule has 0 bridgehead atoms. The summed E-state index contributed by atoms with van der Waals surface area (Å²) < 4.78 is 27.1. The Kier molecular flexibility index (Phi) is 4.53. The van der Waals surface area contributed by atoms with E-state index in [1.165, 1.54) is 18.3 Å². The minimum Gasteiger partial charge on any atom is -0.322 e. The largest absolute Gasteiger partial charge is 0.322 e. The van der Waals surface area contributed by atoms with Crippen LogP contribution >= 0.6 is 11.6 Å². The van der Waals surface area contributed by atoms with Crippen LogP contribution in [0.4, 0.5) is 14.5 Å². The van der Waals surface area contributed by atoms with Gasteiger partial charge >= 0.3 is 0 Å². The highest BCUT2D eigenvalue weighted by molar-refractivity contribution is 6.30. The number of amides is 1. The van der Waals surface area contributed by atoms with Gasteiger partial charge in [0.05, 0.1) is 5.69 Å². The molecule has 0 fully saturated rings. The van der Waals surface area contributed by atoms with E-state index in [0.717, 1.165) is 17.7 Å². The molecule has 0 radical (unpaired) electrons. The van der Waals surface area contributed by atoms with Gasteiger partial charge in [0.25, 0.3) is 0 Å². The lowest BCUT2D eigenvalue weighted by atomic mass is 10.1. The van der Waals surface area contributed by atoms with Crippen molar-refractivity contribution in [3.63, 3.8) is 0 Å². The number of nitrogens with one attached hydrogen (secondary N) is 1. The summed E-state index contributed by atoms with van der Waals surface area (Å²) >= 11 is 5.79. The van der Waals surface area contributed by atoms with Crippen molar-refractivity contribution in [3.8, 4) is 0 Å². The van der Waals surface area contributed by atoms with Crippen molar-refractivity contribution in [1.82, 2.24) is 4.98 Å². The molecule has 2 aromatic carbocycles. The number of hydrogen-bond donors (Lipinski definition) is 1. The summed E-state index contributed by atoms with van der Waals surface area (Å²) in [5, 5.41) is 3.39. The fourth-order valence-electron chi connectivity index (χ4n) is 2.21. The number of halogens is 3. The molecule has 0 aliphatic heterocycles. The quantitative estimate of drug-likeness (QED) is 0.692. The average molecular weight is 345 g/mol. The lowest BCUT2D eigenvalue weighted by molar-refractivity contribution is -0.111. The molecule has 0 aliphatic carbocycles. The average Bonchev–Trinajstić information content (AvgIpc) is 2.55. The maximum atomic E-state index is 13.7. The Bertz CT molecular complexity index is 940. The number of hydrogen-bond acceptors (Lipinski definition) is 2. The zero-order chi connectivity index (χ0) is 17.1. The van der Waals surface area contributed by atoms with Gasteiger partial charge in [-0.2, -0.15) is 0 Å². The number of carbonyl (C=O) groups is 1. The predicted octanol–water partition coefficient (Wildman–Crippen LogP) is 4.82. The van der Waals surface area contributed by atoms with Crippen molar-refractivity contribution >= 4 is 40.2 Å². The summed E-state index contributed by atoms with van der Waals surface area (Å²) in [4.78, 5) is 15.9. The molecular weight excluding hydrogens is 334 g/mol. The molecule has 1 N–H and O–H groups in total. The maximum Gasteiger partial charge on any atom is 0.248 e. The summed E-state index contributed by atoms with van der Waals surface area (Å²) in [6.45, 7) is 0. The predicted molar refractivity (Wildman–Crippen MR) is 90.8 cm³/mol. The van der Waals surface area contributed by atoms with E-state index in [2.05, 4.69) is 10.3 Å². The van der Waals surface area contributed by atoms with E-state index in [1.807, 2.05) is 0 Å². The SMILES string of the molecule is O=C(/C=C/c1ccc(Cl)cc1)Nc1ccnc2c(F)cc(F)cc12. The molecule has 0 saturated carbocycles. The number of fused-ring (bicyclic) bond motifs is 1. The third kappa shape index (κ3) is 3.58. The molecule has 1 aromatic heterocycles. The van der Waals surface area contributed by atoms with Crippen molar-refractivity contribution in [1.29, 1.82) is 0 Å². The van der Waals surface area contributed by atoms with Gasteiger partial charge in [0.15, 0.2) is 5.82 Å². The lowest BCUT2D eigenvalue weighted by Gasteiger charge is -2.07. The Hall–Kier alpha value is -2.79. The van der Waals surface area contributed by atoms with Gasteiger partial charge in [-0.1, -0.05) is 23.7 Å². The van der Waals surface area contributed by atoms with E-state index in [-0.39, 0.29) is 16.6 Å². The lowest BCUT2D eigenvalue weighted by Crippen LogP contribution is -2.08. The Morgan fingerprint density at radius 3 is 2.62 bits per heavy atom. The highest BCUT2D eigenvalue weighted by Crippen LogP contribution is 2.25. The summed E-state index contributed by atoms with van der Waals surface area (Å²) in [6.07, 6.45) is 4.28. The maximum absolute atomic E-state index is 13.7. The van der Waals surface area contributed by atoms with Crippen LogP contribution in [-0.2, 0) is 4.79 Å². The van der Waals surface area contributed by atoms with Gasteiger partial charge < -0.3 is 5.32 Å². The fourth-order valence-corrected chi connectivity index (χ4v) is 2.33. The topological polar surface area (TPSA) is 42.0 Å². The van der Waals surface area contributed by atoms with Crippen molar-refractivity contribution in [2.75, 3.05) is 5.32 Å². The molecular formula is C18H11ClF2N2O. The second-order valence-electron chi connectivity index (χ2n) is 5.02. The Balaban J connectivity index is 1.84. The van der Waals surface area contributed by atoms with E-state index in [0.29, 0.717) is 5.02 Å². The van der Waals surface area contributed by atoms with Crippen LogP contribution in [-0.4, -0.2) is 10.9 Å². The molecule has 0 saturated heterocycles. The van der Waals surface area contributed by atoms with E-state index in [4.69, 9.17) is 11.6 Å². The van der Waals surface area contributed by atoms with Crippen molar-refractivity contribution < 1.29 is 13.6 Å². The molecule has 1 heterocycles. The first-order chi connectivity index (χ1) is 11.5. The molecule has 6 heteroatoms. The van der Waals surface area contributed by atoms with E-state index < -0.39 is 17.5 Å². The van der Waals surface area contributed by atoms with Crippen LogP contribution in [0.15, 0.2) is 54.7 Å². The number of rotatable bonds is 3. The fraction of sp³-hybridized carbons (Fsp3) is 0. The number of aromatic nitrogens is 1. The second-order valence-corrected chi connectivity index (χ2v) is 5.45. The van der Waals surface area contributed by atoms with Gasteiger partial charge in [0, 0.05) is 28.7 Å². The molecule has 3 aromatic rings. The van der Waals surface area contributed by atoms with E-state index in [9.17, 15) is 13.6 Å². The van der Waals surface area contributed by atoms with Gasteiger partial charge in [0.1, 0.15) is 11.3 Å². The molecule has 1 amide bonds. The molecule has 0 atom stereocenters. The molecule has 0 unspecified atom stereocenters. The zero-order valence-electron chi connectivity index (χ0n) is 12.3. The minimum absolute atomic E-state index is 0.00381. The standard InChI is InChI=1S/C18H11ClF2N2O/c19-12-4-1-11(2-5-12)3-6-17(24)23-16-7-8-22-18-14(16)9-13(20)10-15(18)21/h1-10H,(H,22,23,24)/b6-3+. The summed E-state index contributed by atoms with van der Waals surface area (Å²) in [6, 6.07) is 10.3. The van der Waals surface area contributed by atoms with Crippen LogP contribution in [0.1, 0.15) is 5.56 Å². The van der Waals surface area contributed by atoms with Gasteiger partial charge in [-0.15, -0.1) is 0 Å². The van der Waals surface area contributed by atoms with Crippen molar-refractivity contribution in [3.05, 3.63) is 77.0 Å². The van der Waals surface area contributed by atoms with Gasteiger partial charge in [-0.05, 0) is 35.9 Å². The summed E-state index contributed by atoms with van der Waals surface area (Å²) in [5.74, 6) is -1.94. The van der Waals surface area contributed by atoms with E-state index >= 15 is 0 Å². The number of carbonyl (C=O) groups excluding carboxylic acids is 1. The van der Waals surface area contributed by atoms with Crippen molar-refractivity contribution in [2.45, 2.75) is 0 Å². The molecule has 24 heavy (non-hydrogen) atoms. The van der Waals surface area contributed by atoms with Crippen LogP contribution in [0.25, 0.3) is 17.0 Å². The molecule has 0 spiro atoms. The second kappa shape index (κ2) is 6.76. The third-order valence-corrected chi connectivity index (χ3v) is 3.57. The van der Waals surface area contributed by atoms with Crippen LogP contribution in [0.5, 0.6) is 0 Å². The molecule has 0 aliphatic rings. The smallest absolute Gasteiger partial charge is 0.248 e. The molecule has 3 nitrogen and oxygen atoms in total. The Morgan fingerprint density at radius 2 is 1.88 bits per heavy atom. The number of pyridine rings is 1. The van der Waals surface area contributed by atoms with Gasteiger partial charge in [-0.25, -0.2) is 8.78 Å². The third-order valence-electron chi connectivity index (χ3n) is 3.32. The Labute approximate surface area is 141 Å². The van der Waals surface area contributed by atoms with Crippen LogP contribution in [0, 0.1) is 11.6 Å². The highest BCUT2D eigenvalue weighted by Gasteiger charge is 2.10. The Morgan fingerprint density at radius 1 is 1.12 bits per heavy atom. The van der Waals surface area contributed by atoms with Gasteiger partial charge in [0.2, 0.25) is 5.91 Å². The summed E-state index contributed by atoms with van der Waals surface area (Å²) in [5.41, 5.74) is 1.08. The van der Waals surface area contributed by atoms with Crippen LogP contribution < -0.4 is 5.32 Å². The first-order valence-corrected chi connectivity index (χ1v) is 7.39. The van der Waals surface area contributed by atoms with E-state index in [1.54, 1.807) is 30.3 Å². The van der Waals surface area contributed by atoms with Crippen molar-refractivity contribution in [2.24, 2.45) is 0 Å². The van der Waals surface area contributed by atoms with Crippen LogP contribution in [0.3, 0.4) is 0 Å². The molecule has 3 rings (SSSR count). The number of anilines is 1. The van der Waals surface area contributed by atoms with Crippen LogP contribution in [0.2, 0.25) is 5.02 Å². The normalized spacial score (nSPS) is 11.1. The summed E-state index contributed by atoms with van der Waals surface area (Å²) in [7, 11) is 0. The van der Waals surface area contributed by atoms with Gasteiger partial charge in [-0.3, -0.25) is 9.78 Å². The highest BCUT2D eigenvalue weighted by atomic mass is 35.5. The molecule has 120 valence electrons. The first kappa shape index (κ1) is 16.1. The number of benzene rings is 2. The zero-order valence-corrected chi connectivity index (χ0v) is 13.0. The minimum atomic E-state index is -0.780.